The normalized spacial score (nSPS) is 18.0. The zero-order valence-electron chi connectivity index (χ0n) is 18.4. The van der Waals surface area contributed by atoms with Crippen LogP contribution in [-0.2, 0) is 12.8 Å². The van der Waals surface area contributed by atoms with Crippen molar-refractivity contribution in [2.24, 2.45) is 0 Å². The first kappa shape index (κ1) is 20.7. The lowest BCUT2D eigenvalue weighted by Gasteiger charge is -2.29. The van der Waals surface area contributed by atoms with Gasteiger partial charge in [0, 0.05) is 37.6 Å². The zero-order chi connectivity index (χ0) is 22.1. The Kier molecular flexibility index (Phi) is 5.64. The summed E-state index contributed by atoms with van der Waals surface area (Å²) in [5.41, 5.74) is 6.16. The van der Waals surface area contributed by atoms with Gasteiger partial charge in [0.05, 0.1) is 11.7 Å². The lowest BCUT2D eigenvalue weighted by atomic mass is 9.99. The maximum Gasteiger partial charge on any atom is 0.254 e. The predicted octanol–water partition coefficient (Wildman–Crippen LogP) is 5.17. The van der Waals surface area contributed by atoms with Crippen LogP contribution in [0.1, 0.15) is 58.0 Å². The minimum absolute atomic E-state index is 0.00410. The highest BCUT2D eigenvalue weighted by molar-refractivity contribution is 5.95. The molecule has 1 aromatic heterocycles. The molecule has 1 atom stereocenters. The van der Waals surface area contributed by atoms with E-state index in [0.29, 0.717) is 6.42 Å². The summed E-state index contributed by atoms with van der Waals surface area (Å²) in [6.07, 6.45) is 6.56. The smallest absolute Gasteiger partial charge is 0.254 e. The predicted molar refractivity (Wildman–Crippen MR) is 124 cm³/mol. The second-order valence-corrected chi connectivity index (χ2v) is 8.92. The van der Waals surface area contributed by atoms with Crippen LogP contribution in [0, 0.1) is 5.82 Å². The van der Waals surface area contributed by atoms with Crippen LogP contribution in [0.3, 0.4) is 0 Å². The molecule has 32 heavy (non-hydrogen) atoms. The number of aryl methyl sites for hydroxylation is 1. The molecule has 1 fully saturated rings. The van der Waals surface area contributed by atoms with Crippen molar-refractivity contribution in [3.8, 4) is 0 Å². The number of pyridine rings is 1. The third-order valence-electron chi connectivity index (χ3n) is 6.68. The lowest BCUT2D eigenvalue weighted by Crippen LogP contribution is -2.31. The molecule has 0 radical (unpaired) electrons. The second kappa shape index (κ2) is 8.73. The van der Waals surface area contributed by atoms with Gasteiger partial charge in [0.2, 0.25) is 0 Å². The van der Waals surface area contributed by atoms with Gasteiger partial charge in [-0.2, -0.15) is 0 Å². The van der Waals surface area contributed by atoms with Crippen molar-refractivity contribution in [1.29, 1.82) is 0 Å². The van der Waals surface area contributed by atoms with E-state index in [9.17, 15) is 9.18 Å². The molecule has 0 aliphatic carbocycles. The number of fused-ring (bicyclic) bond motifs is 1. The molecule has 0 spiro atoms. The number of halogens is 1. The van der Waals surface area contributed by atoms with Crippen molar-refractivity contribution in [3.63, 3.8) is 0 Å². The highest BCUT2D eigenvalue weighted by atomic mass is 19.1. The second-order valence-electron chi connectivity index (χ2n) is 8.92. The SMILES string of the molecule is CN1CCCc2cc(C(=O)N3CCC[C@H]3c3ccc(Cc4cccc(F)c4)cn3)ccc21. The number of carbonyl (C=O) groups excluding carboxylic acids is 1. The maximum atomic E-state index is 13.5. The molecular weight excluding hydrogens is 401 g/mol. The largest absolute Gasteiger partial charge is 0.374 e. The van der Waals surface area contributed by atoms with Crippen LogP contribution in [0.4, 0.5) is 10.1 Å². The average Bonchev–Trinajstić information content (AvgIpc) is 3.29. The fourth-order valence-corrected chi connectivity index (χ4v) is 5.02. The molecule has 2 aliphatic rings. The summed E-state index contributed by atoms with van der Waals surface area (Å²) in [4.78, 5) is 22.3. The van der Waals surface area contributed by atoms with Crippen molar-refractivity contribution in [1.82, 2.24) is 9.88 Å². The Bertz CT molecular complexity index is 1130. The first-order valence-electron chi connectivity index (χ1n) is 11.4. The molecule has 3 heterocycles. The van der Waals surface area contributed by atoms with Gasteiger partial charge >= 0.3 is 0 Å². The summed E-state index contributed by atoms with van der Waals surface area (Å²) >= 11 is 0. The van der Waals surface area contributed by atoms with Crippen LogP contribution in [0.25, 0.3) is 0 Å². The van der Waals surface area contributed by atoms with Gasteiger partial charge in [-0.1, -0.05) is 18.2 Å². The lowest BCUT2D eigenvalue weighted by molar-refractivity contribution is 0.0733. The molecule has 1 amide bonds. The van der Waals surface area contributed by atoms with Crippen molar-refractivity contribution >= 4 is 11.6 Å². The molecule has 0 N–H and O–H groups in total. The molecule has 0 bridgehead atoms. The van der Waals surface area contributed by atoms with E-state index in [2.05, 4.69) is 24.1 Å². The highest BCUT2D eigenvalue weighted by Gasteiger charge is 2.32. The van der Waals surface area contributed by atoms with Crippen LogP contribution >= 0.6 is 0 Å². The van der Waals surface area contributed by atoms with Crippen LogP contribution in [0.15, 0.2) is 60.8 Å². The molecule has 3 aromatic rings. The summed E-state index contributed by atoms with van der Waals surface area (Å²) < 4.78 is 13.5. The van der Waals surface area contributed by atoms with Gasteiger partial charge < -0.3 is 9.80 Å². The number of benzene rings is 2. The van der Waals surface area contributed by atoms with E-state index in [0.717, 1.165) is 61.2 Å². The number of hydrogen-bond donors (Lipinski definition) is 0. The quantitative estimate of drug-likeness (QED) is 0.574. The maximum absolute atomic E-state index is 13.5. The zero-order valence-corrected chi connectivity index (χ0v) is 18.4. The Morgan fingerprint density at radius 3 is 2.78 bits per heavy atom. The van der Waals surface area contributed by atoms with Gasteiger partial charge in [-0.15, -0.1) is 0 Å². The molecule has 5 heteroatoms. The minimum Gasteiger partial charge on any atom is -0.374 e. The summed E-state index contributed by atoms with van der Waals surface area (Å²) in [5, 5.41) is 0. The van der Waals surface area contributed by atoms with Crippen LogP contribution in [-0.4, -0.2) is 35.9 Å². The third kappa shape index (κ3) is 4.12. The number of nitrogens with zero attached hydrogens (tertiary/aromatic N) is 3. The molecule has 164 valence electrons. The first-order chi connectivity index (χ1) is 15.6. The molecule has 1 saturated heterocycles. The molecule has 2 aromatic carbocycles. The van der Waals surface area contributed by atoms with Crippen molar-refractivity contribution in [3.05, 3.63) is 94.6 Å². The standard InChI is InChI=1S/C27H28FN3O/c1-30-13-3-6-21-17-22(10-12-25(21)30)27(32)31-14-4-8-26(31)24-11-9-20(18-29-24)15-19-5-2-7-23(28)16-19/h2,5,7,9-12,16-18,26H,3-4,6,8,13-15H2,1H3/t26-/m0/s1. The fraction of sp³-hybridized carbons (Fsp3) is 0.333. The molecule has 2 aliphatic heterocycles. The van der Waals surface area contributed by atoms with E-state index in [4.69, 9.17) is 4.98 Å². The first-order valence-corrected chi connectivity index (χ1v) is 11.4. The van der Waals surface area contributed by atoms with Crippen LogP contribution < -0.4 is 4.90 Å². The highest BCUT2D eigenvalue weighted by Crippen LogP contribution is 2.34. The van der Waals surface area contributed by atoms with E-state index in [-0.39, 0.29) is 17.8 Å². The molecule has 4 nitrogen and oxygen atoms in total. The summed E-state index contributed by atoms with van der Waals surface area (Å²) in [6, 6.07) is 16.9. The monoisotopic (exact) mass is 429 g/mol. The van der Waals surface area contributed by atoms with Crippen molar-refractivity contribution in [2.75, 3.05) is 25.0 Å². The van der Waals surface area contributed by atoms with Gasteiger partial charge in [-0.3, -0.25) is 9.78 Å². The number of hydrogen-bond acceptors (Lipinski definition) is 3. The van der Waals surface area contributed by atoms with Crippen LogP contribution in [0.2, 0.25) is 0 Å². The topological polar surface area (TPSA) is 36.4 Å². The van der Waals surface area contributed by atoms with Crippen molar-refractivity contribution < 1.29 is 9.18 Å². The minimum atomic E-state index is -0.221. The van der Waals surface area contributed by atoms with Gasteiger partial charge in [0.1, 0.15) is 5.82 Å². The van der Waals surface area contributed by atoms with Gasteiger partial charge in [0.15, 0.2) is 0 Å². The van der Waals surface area contributed by atoms with Gasteiger partial charge in [-0.25, -0.2) is 4.39 Å². The van der Waals surface area contributed by atoms with Crippen LogP contribution in [0.5, 0.6) is 0 Å². The Hall–Kier alpha value is -3.21. The number of likely N-dealkylation sites (tertiary alicyclic amines) is 1. The molecule has 0 saturated carbocycles. The van der Waals surface area contributed by atoms with E-state index >= 15 is 0 Å². The van der Waals surface area contributed by atoms with Crippen molar-refractivity contribution in [2.45, 2.75) is 38.1 Å². The number of anilines is 1. The van der Waals surface area contributed by atoms with E-state index < -0.39 is 0 Å². The number of aromatic nitrogens is 1. The number of rotatable bonds is 4. The Morgan fingerprint density at radius 1 is 1.06 bits per heavy atom. The Labute approximate surface area is 188 Å². The van der Waals surface area contributed by atoms with E-state index in [1.54, 1.807) is 12.1 Å². The fourth-order valence-electron chi connectivity index (χ4n) is 5.02. The molecular formula is C27H28FN3O. The number of amides is 1. The summed E-state index contributed by atoms with van der Waals surface area (Å²) in [7, 11) is 2.11. The number of carbonyl (C=O) groups is 1. The van der Waals surface area contributed by atoms with Gasteiger partial charge in [0.25, 0.3) is 5.91 Å². The van der Waals surface area contributed by atoms with E-state index in [1.165, 1.54) is 17.3 Å². The Balaban J connectivity index is 1.32. The molecule has 0 unspecified atom stereocenters. The average molecular weight is 430 g/mol. The molecule has 5 rings (SSSR count). The third-order valence-corrected chi connectivity index (χ3v) is 6.68. The Morgan fingerprint density at radius 2 is 1.97 bits per heavy atom. The van der Waals surface area contributed by atoms with E-state index in [1.807, 2.05) is 35.4 Å². The summed E-state index contributed by atoms with van der Waals surface area (Å²) in [5.74, 6) is -0.129. The summed E-state index contributed by atoms with van der Waals surface area (Å²) in [6.45, 7) is 1.82. The van der Waals surface area contributed by atoms with Gasteiger partial charge in [-0.05, 0) is 85.2 Å².